The first-order chi connectivity index (χ1) is 8.97. The molecule has 6 heteroatoms. The molecule has 3 nitrogen and oxygen atoms in total. The van der Waals surface area contributed by atoms with Crippen molar-refractivity contribution in [2.24, 2.45) is 0 Å². The van der Waals surface area contributed by atoms with Crippen molar-refractivity contribution in [2.75, 3.05) is 5.32 Å². The Labute approximate surface area is 122 Å². The van der Waals surface area contributed by atoms with E-state index in [1.807, 2.05) is 0 Å². The lowest BCUT2D eigenvalue weighted by molar-refractivity contribution is 0.102. The van der Waals surface area contributed by atoms with Gasteiger partial charge in [-0.2, -0.15) is 0 Å². The fraction of sp³-hybridized carbons (Fsp3) is 0.0769. The van der Waals surface area contributed by atoms with E-state index in [9.17, 15) is 9.18 Å². The molecule has 0 radical (unpaired) electrons. The van der Waals surface area contributed by atoms with E-state index in [1.165, 1.54) is 18.3 Å². The van der Waals surface area contributed by atoms with Crippen LogP contribution in [0.5, 0.6) is 0 Å². The summed E-state index contributed by atoms with van der Waals surface area (Å²) in [5.41, 5.74) is 1.52. The van der Waals surface area contributed by atoms with E-state index in [2.05, 4.69) is 26.2 Å². The minimum Gasteiger partial charge on any atom is -0.322 e. The summed E-state index contributed by atoms with van der Waals surface area (Å²) in [6, 6.07) is 5.94. The number of carbonyl (C=O) groups is 1. The Hall–Kier alpha value is -1.46. The number of carbonyl (C=O) groups excluding carboxylic acids is 1. The van der Waals surface area contributed by atoms with Crippen LogP contribution in [0.25, 0.3) is 0 Å². The first kappa shape index (κ1) is 14.0. The van der Waals surface area contributed by atoms with Gasteiger partial charge in [-0.05, 0) is 52.7 Å². The van der Waals surface area contributed by atoms with E-state index in [-0.39, 0.29) is 5.91 Å². The summed E-state index contributed by atoms with van der Waals surface area (Å²) in [6.07, 6.45) is 1.36. The zero-order valence-electron chi connectivity index (χ0n) is 9.88. The predicted molar refractivity (Wildman–Crippen MR) is 76.0 cm³/mol. The Kier molecular flexibility index (Phi) is 4.17. The molecule has 1 N–H and O–H groups in total. The van der Waals surface area contributed by atoms with Gasteiger partial charge in [0.25, 0.3) is 5.91 Å². The highest BCUT2D eigenvalue weighted by molar-refractivity contribution is 9.10. The van der Waals surface area contributed by atoms with Crippen LogP contribution in [0.1, 0.15) is 15.9 Å². The van der Waals surface area contributed by atoms with Crippen molar-refractivity contribution in [3.05, 3.63) is 57.0 Å². The number of aryl methyl sites for hydroxylation is 1. The van der Waals surface area contributed by atoms with Crippen LogP contribution in [0, 0.1) is 12.7 Å². The Morgan fingerprint density at radius 1 is 1.42 bits per heavy atom. The molecule has 0 saturated heterocycles. The van der Waals surface area contributed by atoms with Crippen LogP contribution < -0.4 is 5.32 Å². The third-order valence-corrected chi connectivity index (χ3v) is 3.34. The standard InChI is InChI=1S/C13H9BrClFN2O/c1-7-4-9(14)10(16)5-11(7)18-13(19)8-2-3-12(15)17-6-8/h2-6H,1H3,(H,18,19). The molecule has 0 aliphatic heterocycles. The number of halogens is 3. The molecular weight excluding hydrogens is 335 g/mol. The maximum atomic E-state index is 13.4. The van der Waals surface area contributed by atoms with E-state index in [0.29, 0.717) is 20.9 Å². The molecule has 0 bridgehead atoms. The summed E-state index contributed by atoms with van der Waals surface area (Å²) in [6.45, 7) is 1.78. The maximum Gasteiger partial charge on any atom is 0.257 e. The first-order valence-electron chi connectivity index (χ1n) is 5.36. The van der Waals surface area contributed by atoms with Crippen LogP contribution in [0.3, 0.4) is 0 Å². The fourth-order valence-electron chi connectivity index (χ4n) is 1.49. The normalized spacial score (nSPS) is 10.3. The number of hydrogen-bond donors (Lipinski definition) is 1. The lowest BCUT2D eigenvalue weighted by Crippen LogP contribution is -2.13. The number of hydrogen-bond acceptors (Lipinski definition) is 2. The highest BCUT2D eigenvalue weighted by atomic mass is 79.9. The number of amides is 1. The van der Waals surface area contributed by atoms with Gasteiger partial charge in [-0.15, -0.1) is 0 Å². The van der Waals surface area contributed by atoms with Crippen LogP contribution in [0.4, 0.5) is 10.1 Å². The number of aromatic nitrogens is 1. The Morgan fingerprint density at radius 2 is 2.16 bits per heavy atom. The molecule has 2 aromatic rings. The van der Waals surface area contributed by atoms with Gasteiger partial charge in [0.1, 0.15) is 11.0 Å². The van der Waals surface area contributed by atoms with E-state index < -0.39 is 5.82 Å². The van der Waals surface area contributed by atoms with Gasteiger partial charge in [0.05, 0.1) is 10.0 Å². The lowest BCUT2D eigenvalue weighted by atomic mass is 10.2. The minimum atomic E-state index is -0.435. The molecule has 0 fully saturated rings. The van der Waals surface area contributed by atoms with Gasteiger partial charge in [0, 0.05) is 11.9 Å². The van der Waals surface area contributed by atoms with Gasteiger partial charge >= 0.3 is 0 Å². The van der Waals surface area contributed by atoms with Crippen LogP contribution >= 0.6 is 27.5 Å². The topological polar surface area (TPSA) is 42.0 Å². The van der Waals surface area contributed by atoms with Crippen LogP contribution in [-0.4, -0.2) is 10.9 Å². The minimum absolute atomic E-state index is 0.308. The molecule has 1 amide bonds. The Morgan fingerprint density at radius 3 is 2.79 bits per heavy atom. The van der Waals surface area contributed by atoms with Crippen LogP contribution in [0.15, 0.2) is 34.9 Å². The molecule has 0 spiro atoms. The van der Waals surface area contributed by atoms with Gasteiger partial charge in [-0.1, -0.05) is 11.6 Å². The predicted octanol–water partition coefficient (Wildman–Crippen LogP) is 4.20. The van der Waals surface area contributed by atoms with Gasteiger partial charge in [-0.25, -0.2) is 9.37 Å². The van der Waals surface area contributed by atoms with E-state index >= 15 is 0 Å². The monoisotopic (exact) mass is 342 g/mol. The van der Waals surface area contributed by atoms with Gasteiger partial charge in [0.15, 0.2) is 0 Å². The van der Waals surface area contributed by atoms with Gasteiger partial charge < -0.3 is 5.32 Å². The molecule has 19 heavy (non-hydrogen) atoms. The molecule has 0 atom stereocenters. The van der Waals surface area contributed by atoms with Crippen LogP contribution in [-0.2, 0) is 0 Å². The van der Waals surface area contributed by atoms with E-state index in [0.717, 1.165) is 5.56 Å². The smallest absolute Gasteiger partial charge is 0.257 e. The summed E-state index contributed by atoms with van der Waals surface area (Å²) in [7, 11) is 0. The Balaban J connectivity index is 2.24. The second kappa shape index (κ2) is 5.67. The number of anilines is 1. The van der Waals surface area contributed by atoms with Crippen molar-refractivity contribution in [3.63, 3.8) is 0 Å². The molecule has 0 aliphatic rings. The van der Waals surface area contributed by atoms with E-state index in [1.54, 1.807) is 19.1 Å². The third kappa shape index (κ3) is 3.30. The third-order valence-electron chi connectivity index (χ3n) is 2.51. The molecule has 0 unspecified atom stereocenters. The number of nitrogens with zero attached hydrogens (tertiary/aromatic N) is 1. The summed E-state index contributed by atoms with van der Waals surface area (Å²) in [5, 5.41) is 2.94. The number of benzene rings is 1. The molecule has 1 heterocycles. The summed E-state index contributed by atoms with van der Waals surface area (Å²) in [5.74, 6) is -0.802. The lowest BCUT2D eigenvalue weighted by Gasteiger charge is -2.09. The fourth-order valence-corrected chi connectivity index (χ4v) is 2.06. The van der Waals surface area contributed by atoms with Crippen molar-refractivity contribution >= 4 is 39.1 Å². The molecular formula is C13H9BrClFN2O. The second-order valence-corrected chi connectivity index (χ2v) is 5.15. The van der Waals surface area contributed by atoms with Gasteiger partial charge in [0.2, 0.25) is 0 Å². The number of pyridine rings is 1. The highest BCUT2D eigenvalue weighted by Crippen LogP contribution is 2.24. The highest BCUT2D eigenvalue weighted by Gasteiger charge is 2.10. The maximum absolute atomic E-state index is 13.4. The average Bonchev–Trinajstić information content (AvgIpc) is 2.36. The molecule has 0 saturated carbocycles. The van der Waals surface area contributed by atoms with Crippen LogP contribution in [0.2, 0.25) is 5.15 Å². The first-order valence-corrected chi connectivity index (χ1v) is 6.53. The summed E-state index contributed by atoms with van der Waals surface area (Å²) < 4.78 is 13.8. The zero-order chi connectivity index (χ0) is 14.0. The average molecular weight is 344 g/mol. The number of rotatable bonds is 2. The Bertz CT molecular complexity index is 631. The second-order valence-electron chi connectivity index (χ2n) is 3.90. The van der Waals surface area contributed by atoms with Crippen molar-refractivity contribution in [1.82, 2.24) is 4.98 Å². The van der Waals surface area contributed by atoms with Gasteiger partial charge in [-0.3, -0.25) is 4.79 Å². The molecule has 1 aromatic carbocycles. The zero-order valence-corrected chi connectivity index (χ0v) is 12.2. The molecule has 2 rings (SSSR count). The largest absolute Gasteiger partial charge is 0.322 e. The quantitative estimate of drug-likeness (QED) is 0.831. The molecule has 0 aliphatic carbocycles. The summed E-state index contributed by atoms with van der Waals surface area (Å²) >= 11 is 8.73. The molecule has 98 valence electrons. The van der Waals surface area contributed by atoms with Crippen molar-refractivity contribution < 1.29 is 9.18 Å². The SMILES string of the molecule is Cc1cc(Br)c(F)cc1NC(=O)c1ccc(Cl)nc1. The molecule has 1 aromatic heterocycles. The number of nitrogens with one attached hydrogen (secondary N) is 1. The van der Waals surface area contributed by atoms with Crippen molar-refractivity contribution in [2.45, 2.75) is 6.92 Å². The van der Waals surface area contributed by atoms with Crippen molar-refractivity contribution in [3.8, 4) is 0 Å². The summed E-state index contributed by atoms with van der Waals surface area (Å²) in [4.78, 5) is 15.8. The van der Waals surface area contributed by atoms with E-state index in [4.69, 9.17) is 11.6 Å². The van der Waals surface area contributed by atoms with Crippen molar-refractivity contribution in [1.29, 1.82) is 0 Å².